The number of hydrogen-bond donors (Lipinski definition) is 0. The third kappa shape index (κ3) is 19.9. The Morgan fingerprint density at radius 3 is 1.36 bits per heavy atom. The van der Waals surface area contributed by atoms with E-state index in [2.05, 4.69) is 44.3 Å². The second-order valence-electron chi connectivity index (χ2n) is 7.78. The Hall–Kier alpha value is -0.303. The summed E-state index contributed by atoms with van der Waals surface area (Å²) in [6.45, 7) is 6.90. The summed E-state index contributed by atoms with van der Waals surface area (Å²) in [6, 6.07) is 1.49. The molecule has 0 rings (SSSR count). The Balaban J connectivity index is 4.02. The predicted molar refractivity (Wildman–Crippen MR) is 121 cm³/mol. The third-order valence-electron chi connectivity index (χ3n) is 5.11. The van der Waals surface area contributed by atoms with Gasteiger partial charge in [-0.15, -0.1) is 0 Å². The van der Waals surface area contributed by atoms with Crippen LogP contribution in [0.4, 0.5) is 0 Å². The Morgan fingerprint density at radius 2 is 0.880 bits per heavy atom. The van der Waals surface area contributed by atoms with E-state index in [9.17, 15) is 0 Å². The first-order valence-electron chi connectivity index (χ1n) is 11.7. The molecule has 0 amide bonds. The number of allylic oxidation sites excluding steroid dienone is 2. The molecule has 0 aliphatic carbocycles. The Bertz CT molecular complexity index is 270. The van der Waals surface area contributed by atoms with Crippen molar-refractivity contribution >= 4 is 8.80 Å². The van der Waals surface area contributed by atoms with Gasteiger partial charge in [0.05, 0.1) is 8.80 Å². The standard InChI is InChI=1S/C24H48Si/c1-4-7-10-13-16-19-22-25(23-20-17-14-11-8-5-2)24-21-18-15-12-9-6-3/h19-20,22-23,25H,4-18,21,24H2,1-3H3. The minimum atomic E-state index is -0.771. The molecule has 0 nitrogen and oxygen atoms in total. The largest absolute Gasteiger partial charge is 0.0974 e. The zero-order valence-electron chi connectivity index (χ0n) is 17.9. The lowest BCUT2D eigenvalue weighted by atomic mass is 10.1. The van der Waals surface area contributed by atoms with E-state index in [-0.39, 0.29) is 0 Å². The van der Waals surface area contributed by atoms with Crippen LogP contribution < -0.4 is 0 Å². The van der Waals surface area contributed by atoms with Crippen LogP contribution >= 0.6 is 0 Å². The molecule has 25 heavy (non-hydrogen) atoms. The molecule has 0 aromatic heterocycles. The molecule has 0 atom stereocenters. The smallest absolute Gasteiger partial charge is 0.0844 e. The van der Waals surface area contributed by atoms with Gasteiger partial charge in [0.25, 0.3) is 0 Å². The van der Waals surface area contributed by atoms with Gasteiger partial charge >= 0.3 is 0 Å². The highest BCUT2D eigenvalue weighted by atomic mass is 28.3. The Kier molecular flexibility index (Phi) is 21.5. The maximum Gasteiger partial charge on any atom is 0.0844 e. The zero-order valence-corrected chi connectivity index (χ0v) is 19.1. The molecule has 0 aromatic rings. The summed E-state index contributed by atoms with van der Waals surface area (Å²) in [5.41, 5.74) is 5.28. The van der Waals surface area contributed by atoms with Crippen LogP contribution in [0.2, 0.25) is 6.04 Å². The molecule has 0 N–H and O–H groups in total. The van der Waals surface area contributed by atoms with Crippen LogP contribution in [0.5, 0.6) is 0 Å². The van der Waals surface area contributed by atoms with Gasteiger partial charge in [-0.3, -0.25) is 0 Å². The van der Waals surface area contributed by atoms with E-state index >= 15 is 0 Å². The summed E-state index contributed by atoms with van der Waals surface area (Å²) in [5.74, 6) is 0. The lowest BCUT2D eigenvalue weighted by Gasteiger charge is -2.07. The van der Waals surface area contributed by atoms with Crippen molar-refractivity contribution in [3.8, 4) is 0 Å². The van der Waals surface area contributed by atoms with E-state index in [4.69, 9.17) is 0 Å². The van der Waals surface area contributed by atoms with Crippen molar-refractivity contribution in [3.63, 3.8) is 0 Å². The van der Waals surface area contributed by atoms with Gasteiger partial charge in [0.1, 0.15) is 0 Å². The number of rotatable bonds is 19. The minimum Gasteiger partial charge on any atom is -0.0974 e. The van der Waals surface area contributed by atoms with Crippen molar-refractivity contribution in [2.24, 2.45) is 0 Å². The van der Waals surface area contributed by atoms with Gasteiger partial charge in [0.2, 0.25) is 0 Å². The van der Waals surface area contributed by atoms with Crippen molar-refractivity contribution in [2.45, 2.75) is 130 Å². The molecule has 0 aliphatic heterocycles. The van der Waals surface area contributed by atoms with E-state index in [0.29, 0.717) is 0 Å². The second-order valence-corrected chi connectivity index (χ2v) is 10.5. The van der Waals surface area contributed by atoms with Crippen molar-refractivity contribution in [3.05, 3.63) is 23.6 Å². The first-order chi connectivity index (χ1) is 12.3. The molecule has 0 saturated carbocycles. The van der Waals surface area contributed by atoms with Crippen molar-refractivity contribution < 1.29 is 0 Å². The predicted octanol–water partition coefficient (Wildman–Crippen LogP) is 8.71. The SMILES string of the molecule is CCCCCCC=C[SiH](C=CCCCCCC)CCCCCCCC. The van der Waals surface area contributed by atoms with Crippen LogP contribution in [0.15, 0.2) is 23.6 Å². The van der Waals surface area contributed by atoms with Gasteiger partial charge in [-0.05, 0) is 25.7 Å². The average Bonchev–Trinajstić information content (AvgIpc) is 2.63. The molecule has 0 fully saturated rings. The normalized spacial score (nSPS) is 13.2. The van der Waals surface area contributed by atoms with E-state index in [1.54, 1.807) is 0 Å². The second kappa shape index (κ2) is 21.7. The highest BCUT2D eigenvalue weighted by molar-refractivity contribution is 6.69. The van der Waals surface area contributed by atoms with Crippen molar-refractivity contribution in [1.29, 1.82) is 0 Å². The third-order valence-corrected chi connectivity index (χ3v) is 7.71. The molecular formula is C24H48Si. The van der Waals surface area contributed by atoms with Crippen LogP contribution in [-0.4, -0.2) is 8.80 Å². The molecule has 0 spiro atoms. The van der Waals surface area contributed by atoms with E-state index in [1.807, 2.05) is 0 Å². The van der Waals surface area contributed by atoms with E-state index < -0.39 is 8.80 Å². The minimum absolute atomic E-state index is 0.771. The van der Waals surface area contributed by atoms with Crippen LogP contribution in [0.1, 0.15) is 124 Å². The molecule has 0 heterocycles. The van der Waals surface area contributed by atoms with Crippen molar-refractivity contribution in [1.82, 2.24) is 0 Å². The fourth-order valence-electron chi connectivity index (χ4n) is 3.34. The maximum absolute atomic E-state index is 2.64. The topological polar surface area (TPSA) is 0 Å². The van der Waals surface area contributed by atoms with Gasteiger partial charge in [-0.25, -0.2) is 0 Å². The summed E-state index contributed by atoms with van der Waals surface area (Å²) in [4.78, 5) is 0. The van der Waals surface area contributed by atoms with Gasteiger partial charge in [0.15, 0.2) is 0 Å². The Labute approximate surface area is 162 Å². The fraction of sp³-hybridized carbons (Fsp3) is 0.833. The first-order valence-corrected chi connectivity index (χ1v) is 13.8. The van der Waals surface area contributed by atoms with Gasteiger partial charge < -0.3 is 0 Å². The molecule has 0 saturated heterocycles. The maximum atomic E-state index is 2.64. The highest BCUT2D eigenvalue weighted by Gasteiger charge is 2.02. The quantitative estimate of drug-likeness (QED) is 0.159. The van der Waals surface area contributed by atoms with Gasteiger partial charge in [-0.1, -0.05) is 127 Å². The molecule has 0 radical (unpaired) electrons. The molecule has 0 aliphatic rings. The van der Waals surface area contributed by atoms with Crippen LogP contribution in [0, 0.1) is 0 Å². The van der Waals surface area contributed by atoms with E-state index in [1.165, 1.54) is 109 Å². The molecule has 0 bridgehead atoms. The summed E-state index contributed by atoms with van der Waals surface area (Å²) < 4.78 is 0. The van der Waals surface area contributed by atoms with Gasteiger partial charge in [0, 0.05) is 0 Å². The highest BCUT2D eigenvalue weighted by Crippen LogP contribution is 2.12. The molecule has 0 aromatic carbocycles. The number of hydrogen-bond acceptors (Lipinski definition) is 0. The van der Waals surface area contributed by atoms with Crippen LogP contribution in [0.3, 0.4) is 0 Å². The average molecular weight is 365 g/mol. The van der Waals surface area contributed by atoms with Crippen LogP contribution in [0.25, 0.3) is 0 Å². The van der Waals surface area contributed by atoms with E-state index in [0.717, 1.165) is 0 Å². The molecular weight excluding hydrogens is 316 g/mol. The molecule has 148 valence electrons. The summed E-state index contributed by atoms with van der Waals surface area (Å²) in [6.07, 6.45) is 27.4. The molecule has 0 unspecified atom stereocenters. The summed E-state index contributed by atoms with van der Waals surface area (Å²) in [5, 5.41) is 0. The first kappa shape index (κ1) is 24.7. The number of unbranched alkanes of at least 4 members (excludes halogenated alkanes) is 13. The lowest BCUT2D eigenvalue weighted by molar-refractivity contribution is 0.623. The fourth-order valence-corrected chi connectivity index (χ4v) is 5.69. The zero-order chi connectivity index (χ0) is 18.4. The lowest BCUT2D eigenvalue weighted by Crippen LogP contribution is -2.05. The summed E-state index contributed by atoms with van der Waals surface area (Å²) in [7, 11) is -0.771. The monoisotopic (exact) mass is 364 g/mol. The molecule has 1 heteroatoms. The Morgan fingerprint density at radius 1 is 0.480 bits per heavy atom. The van der Waals surface area contributed by atoms with Crippen molar-refractivity contribution in [2.75, 3.05) is 0 Å². The summed E-state index contributed by atoms with van der Waals surface area (Å²) >= 11 is 0. The van der Waals surface area contributed by atoms with Gasteiger partial charge in [-0.2, -0.15) is 0 Å². The van der Waals surface area contributed by atoms with Crippen LogP contribution in [-0.2, 0) is 0 Å².